The molecule has 3 aliphatic carbocycles. The molecule has 0 heterocycles. The Kier molecular flexibility index (Phi) is 3.96. The summed E-state index contributed by atoms with van der Waals surface area (Å²) in [7, 11) is 0. The highest BCUT2D eigenvalue weighted by atomic mass is 14.5. The minimum atomic E-state index is 0.261. The minimum Gasteiger partial charge on any atom is -0.0986 e. The van der Waals surface area contributed by atoms with Gasteiger partial charge in [-0.05, 0) is 57.0 Å². The second-order valence-electron chi connectivity index (χ2n) is 8.89. The molecule has 0 saturated carbocycles. The summed E-state index contributed by atoms with van der Waals surface area (Å²) in [6.45, 7) is 20.4. The lowest BCUT2D eigenvalue weighted by Crippen LogP contribution is -2.29. The van der Waals surface area contributed by atoms with Crippen molar-refractivity contribution in [3.63, 3.8) is 0 Å². The van der Waals surface area contributed by atoms with Crippen molar-refractivity contribution < 1.29 is 0 Å². The van der Waals surface area contributed by atoms with E-state index in [2.05, 4.69) is 95.1 Å². The van der Waals surface area contributed by atoms with Crippen LogP contribution < -0.4 is 0 Å². The van der Waals surface area contributed by atoms with E-state index < -0.39 is 0 Å². The highest BCUT2D eigenvalue weighted by Gasteiger charge is 2.45. The second kappa shape index (κ2) is 6.32. The van der Waals surface area contributed by atoms with Crippen molar-refractivity contribution in [2.75, 3.05) is 0 Å². The van der Waals surface area contributed by atoms with Crippen LogP contribution in [0, 0.1) is 24.7 Å². The van der Waals surface area contributed by atoms with Crippen LogP contribution in [0.2, 0.25) is 0 Å². The highest BCUT2D eigenvalue weighted by molar-refractivity contribution is 5.97. The lowest BCUT2D eigenvalue weighted by molar-refractivity contribution is 0.587. The Hall–Kier alpha value is -2.86. The number of benzene rings is 2. The summed E-state index contributed by atoms with van der Waals surface area (Å²) < 4.78 is 0. The molecule has 0 fully saturated rings. The first-order valence-corrected chi connectivity index (χ1v) is 10.6. The second-order valence-corrected chi connectivity index (χ2v) is 8.89. The smallest absolute Gasteiger partial charge is 0.0207 e. The molecule has 0 aliphatic heterocycles. The first kappa shape index (κ1) is 18.2. The fraction of sp³-hybridized carbons (Fsp3) is 0.241. The van der Waals surface area contributed by atoms with E-state index in [4.69, 9.17) is 0 Å². The number of hydrogen-bond acceptors (Lipinski definition) is 0. The van der Waals surface area contributed by atoms with Gasteiger partial charge in [0.2, 0.25) is 0 Å². The summed E-state index contributed by atoms with van der Waals surface area (Å²) in [5.74, 6) is 1.18. The molecule has 0 heteroatoms. The normalized spacial score (nSPS) is 28.1. The van der Waals surface area contributed by atoms with Gasteiger partial charge in [-0.2, -0.15) is 0 Å². The van der Waals surface area contributed by atoms with Crippen LogP contribution in [-0.4, -0.2) is 0 Å². The average Bonchev–Trinajstić information content (AvgIpc) is 3.02. The van der Waals surface area contributed by atoms with Crippen molar-refractivity contribution in [2.45, 2.75) is 26.7 Å². The molecule has 0 N–H and O–H groups in total. The lowest BCUT2D eigenvalue weighted by atomic mass is 9.60. The number of rotatable bonds is 1. The minimum absolute atomic E-state index is 0.261. The van der Waals surface area contributed by atoms with Gasteiger partial charge in [0.1, 0.15) is 0 Å². The molecule has 4 unspecified atom stereocenters. The molecule has 5 rings (SSSR count). The van der Waals surface area contributed by atoms with E-state index in [0.29, 0.717) is 11.8 Å². The molecule has 4 atom stereocenters. The summed E-state index contributed by atoms with van der Waals surface area (Å²) in [6, 6.07) is 17.6. The summed E-state index contributed by atoms with van der Waals surface area (Å²) in [5.41, 5.74) is 13.4. The van der Waals surface area contributed by atoms with Crippen LogP contribution in [0.4, 0.5) is 0 Å². The fourth-order valence-electron chi connectivity index (χ4n) is 5.72. The van der Waals surface area contributed by atoms with Crippen molar-refractivity contribution in [2.24, 2.45) is 17.8 Å². The molecule has 2 aromatic rings. The third-order valence-corrected chi connectivity index (χ3v) is 7.53. The first-order valence-electron chi connectivity index (χ1n) is 10.6. The van der Waals surface area contributed by atoms with Gasteiger partial charge in [0, 0.05) is 23.7 Å². The number of fused-ring (bicyclic) bond motifs is 3. The van der Waals surface area contributed by atoms with Crippen LogP contribution in [0.15, 0.2) is 96.6 Å². The molecule has 2 aromatic carbocycles. The predicted octanol–water partition coefficient (Wildman–Crippen LogP) is 7.51. The molecule has 0 nitrogen and oxygen atoms in total. The maximum Gasteiger partial charge on any atom is 0.0207 e. The first-order chi connectivity index (χ1) is 13.9. The number of allylic oxidation sites excluding steroid dienone is 7. The van der Waals surface area contributed by atoms with Crippen LogP contribution in [0.5, 0.6) is 0 Å². The van der Waals surface area contributed by atoms with E-state index in [0.717, 1.165) is 0 Å². The maximum absolute atomic E-state index is 4.59. The highest BCUT2D eigenvalue weighted by Crippen LogP contribution is 2.60. The summed E-state index contributed by atoms with van der Waals surface area (Å²) >= 11 is 0. The van der Waals surface area contributed by atoms with Crippen molar-refractivity contribution in [1.82, 2.24) is 0 Å². The molecule has 29 heavy (non-hydrogen) atoms. The van der Waals surface area contributed by atoms with Crippen molar-refractivity contribution >= 4 is 11.1 Å². The van der Waals surface area contributed by atoms with Gasteiger partial charge in [-0.15, -0.1) is 0 Å². The molecule has 0 spiro atoms. The van der Waals surface area contributed by atoms with Crippen LogP contribution >= 0.6 is 0 Å². The van der Waals surface area contributed by atoms with Crippen LogP contribution in [-0.2, 0) is 0 Å². The number of hydrogen-bond donors (Lipinski definition) is 0. The van der Waals surface area contributed by atoms with E-state index in [9.17, 15) is 0 Å². The van der Waals surface area contributed by atoms with E-state index >= 15 is 0 Å². The summed E-state index contributed by atoms with van der Waals surface area (Å²) in [6.07, 6.45) is 2.44. The molecule has 0 aromatic heterocycles. The fourth-order valence-corrected chi connectivity index (χ4v) is 5.72. The van der Waals surface area contributed by atoms with Gasteiger partial charge in [-0.3, -0.25) is 0 Å². The molecule has 0 radical (unpaired) electrons. The van der Waals surface area contributed by atoms with Gasteiger partial charge >= 0.3 is 0 Å². The van der Waals surface area contributed by atoms with Gasteiger partial charge in [-0.25, -0.2) is 0 Å². The van der Waals surface area contributed by atoms with Crippen molar-refractivity contribution in [1.29, 1.82) is 0 Å². The zero-order valence-electron chi connectivity index (χ0n) is 17.6. The zero-order chi connectivity index (χ0) is 20.4. The molecule has 0 bridgehead atoms. The van der Waals surface area contributed by atoms with Crippen LogP contribution in [0.25, 0.3) is 11.1 Å². The Bertz CT molecular complexity index is 1150. The largest absolute Gasteiger partial charge is 0.0986 e. The molecular weight excluding hydrogens is 348 g/mol. The molecule has 0 saturated heterocycles. The topological polar surface area (TPSA) is 0 Å². The van der Waals surface area contributed by atoms with Crippen molar-refractivity contribution in [3.8, 4) is 0 Å². The molecule has 144 valence electrons. The van der Waals surface area contributed by atoms with Gasteiger partial charge in [0.15, 0.2) is 0 Å². The maximum atomic E-state index is 4.59. The summed E-state index contributed by atoms with van der Waals surface area (Å²) in [5, 5.41) is 0. The Labute approximate surface area is 174 Å². The molecular formula is C29H28. The lowest BCUT2D eigenvalue weighted by Gasteiger charge is -2.43. The average molecular weight is 377 g/mol. The van der Waals surface area contributed by atoms with Gasteiger partial charge in [0.25, 0.3) is 0 Å². The standard InChI is InChI=1S/C29H28/c1-16-11-7-8-12-22(16)29-27-20(5)18(3)17(2)19(4)25(27)15-26-24-14-10-9-13-23(24)21(6)28(26)29/h7-15,18-19,28-29H,2,5-6H2,1,3-4H3. The van der Waals surface area contributed by atoms with Gasteiger partial charge < -0.3 is 0 Å². The van der Waals surface area contributed by atoms with Crippen LogP contribution in [0.3, 0.4) is 0 Å². The monoisotopic (exact) mass is 376 g/mol. The Morgan fingerprint density at radius 1 is 0.724 bits per heavy atom. The quantitative estimate of drug-likeness (QED) is 0.452. The number of aryl methyl sites for hydroxylation is 1. The van der Waals surface area contributed by atoms with E-state index in [1.54, 1.807) is 0 Å². The van der Waals surface area contributed by atoms with Gasteiger partial charge in [0.05, 0.1) is 0 Å². The molecule has 3 aliphatic rings. The predicted molar refractivity (Wildman–Crippen MR) is 124 cm³/mol. The Morgan fingerprint density at radius 3 is 2.10 bits per heavy atom. The van der Waals surface area contributed by atoms with E-state index in [1.165, 1.54) is 55.7 Å². The Morgan fingerprint density at radius 2 is 1.38 bits per heavy atom. The molecule has 0 amide bonds. The zero-order valence-corrected chi connectivity index (χ0v) is 17.6. The summed E-state index contributed by atoms with van der Waals surface area (Å²) in [4.78, 5) is 0. The Balaban J connectivity index is 1.84. The third kappa shape index (κ3) is 2.38. The van der Waals surface area contributed by atoms with Crippen LogP contribution in [0.1, 0.15) is 42.0 Å². The van der Waals surface area contributed by atoms with E-state index in [1.807, 2.05) is 0 Å². The third-order valence-electron chi connectivity index (χ3n) is 7.53. The van der Waals surface area contributed by atoms with E-state index in [-0.39, 0.29) is 11.8 Å². The van der Waals surface area contributed by atoms with Crippen molar-refractivity contribution in [3.05, 3.63) is 119 Å². The van der Waals surface area contributed by atoms with Gasteiger partial charge in [-0.1, -0.05) is 93.8 Å². The SMILES string of the molecule is C=C1C2=C(C=C3c4ccccc4C(=C)C3C2c2ccccc2C)C(C)C(=C)C1C.